The average molecular weight is 488 g/mol. The molecule has 32 heavy (non-hydrogen) atoms. The summed E-state index contributed by atoms with van der Waals surface area (Å²) in [5, 5.41) is 22.3. The highest BCUT2D eigenvalue weighted by molar-refractivity contribution is 8.27. The van der Waals surface area contributed by atoms with Gasteiger partial charge in [-0.05, 0) is 24.3 Å². The Labute approximate surface area is 194 Å². The second-order valence-electron chi connectivity index (χ2n) is 6.42. The summed E-state index contributed by atoms with van der Waals surface area (Å²) in [7, 11) is 0. The number of nitro groups is 2. The molecule has 1 aliphatic heterocycles. The number of carbonyl (C=O) groups is 1. The number of hydrogen-bond donors (Lipinski definition) is 0. The molecule has 0 spiro atoms. The van der Waals surface area contributed by atoms with Crippen molar-refractivity contribution < 1.29 is 19.1 Å². The van der Waals surface area contributed by atoms with Crippen molar-refractivity contribution in [1.82, 2.24) is 0 Å². The van der Waals surface area contributed by atoms with Gasteiger partial charge in [0, 0.05) is 35.9 Å². The van der Waals surface area contributed by atoms with Crippen molar-refractivity contribution in [2.24, 2.45) is 0 Å². The maximum absolute atomic E-state index is 12.9. The maximum Gasteiger partial charge on any atom is 0.271 e. The summed E-state index contributed by atoms with van der Waals surface area (Å²) in [6, 6.07) is 12.8. The molecule has 0 unspecified atom stereocenters. The lowest BCUT2D eigenvalue weighted by molar-refractivity contribution is -0.385. The van der Waals surface area contributed by atoms with Crippen LogP contribution >= 0.6 is 35.6 Å². The number of furan rings is 1. The number of halogens is 1. The summed E-state index contributed by atoms with van der Waals surface area (Å²) >= 11 is 12.5. The lowest BCUT2D eigenvalue weighted by Crippen LogP contribution is -2.27. The number of hydrogen-bond acceptors (Lipinski definition) is 8. The van der Waals surface area contributed by atoms with E-state index in [0.29, 0.717) is 17.1 Å². The van der Waals surface area contributed by atoms with Crippen LogP contribution in [-0.4, -0.2) is 20.1 Å². The molecule has 3 aromatic rings. The van der Waals surface area contributed by atoms with Crippen LogP contribution in [0.2, 0.25) is 5.02 Å². The number of nitro benzene ring substituents is 2. The van der Waals surface area contributed by atoms with Crippen LogP contribution in [0.5, 0.6) is 0 Å². The number of nitrogens with zero attached hydrogens (tertiary/aromatic N) is 3. The molecular formula is C20H10ClN3O6S2. The van der Waals surface area contributed by atoms with E-state index in [0.717, 1.165) is 11.8 Å². The highest BCUT2D eigenvalue weighted by atomic mass is 35.5. The van der Waals surface area contributed by atoms with Gasteiger partial charge in [0.15, 0.2) is 4.32 Å². The summed E-state index contributed by atoms with van der Waals surface area (Å²) in [5.74, 6) is 0.146. The minimum absolute atomic E-state index is 0.139. The average Bonchev–Trinajstić information content (AvgIpc) is 3.32. The van der Waals surface area contributed by atoms with E-state index in [1.165, 1.54) is 47.4 Å². The van der Waals surface area contributed by atoms with Crippen LogP contribution in [0.1, 0.15) is 5.76 Å². The van der Waals surface area contributed by atoms with E-state index in [1.807, 2.05) is 0 Å². The third-order valence-corrected chi connectivity index (χ3v) is 6.05. The second-order valence-corrected chi connectivity index (χ2v) is 8.50. The summed E-state index contributed by atoms with van der Waals surface area (Å²) < 4.78 is 5.94. The number of carbonyl (C=O) groups excluding carboxylic acids is 1. The number of rotatable bonds is 5. The third kappa shape index (κ3) is 4.13. The fourth-order valence-corrected chi connectivity index (χ4v) is 4.45. The molecule has 0 radical (unpaired) electrons. The highest BCUT2D eigenvalue weighted by Gasteiger charge is 2.34. The van der Waals surface area contributed by atoms with Crippen LogP contribution in [0.15, 0.2) is 63.9 Å². The Hall–Kier alpha value is -3.54. The number of anilines is 1. The molecule has 2 aromatic carbocycles. The zero-order chi connectivity index (χ0) is 23.0. The lowest BCUT2D eigenvalue weighted by atomic mass is 10.1. The summed E-state index contributed by atoms with van der Waals surface area (Å²) in [4.78, 5) is 35.3. The molecule has 0 atom stereocenters. The van der Waals surface area contributed by atoms with E-state index in [9.17, 15) is 25.0 Å². The Kier molecular flexibility index (Phi) is 5.78. The normalized spacial score (nSPS) is 14.9. The van der Waals surface area contributed by atoms with Gasteiger partial charge < -0.3 is 4.42 Å². The van der Waals surface area contributed by atoms with Gasteiger partial charge in [-0.2, -0.15) is 0 Å². The van der Waals surface area contributed by atoms with E-state index in [-0.39, 0.29) is 31.3 Å². The molecule has 1 amide bonds. The van der Waals surface area contributed by atoms with Crippen LogP contribution in [0.3, 0.4) is 0 Å². The molecule has 0 bridgehead atoms. The molecular weight excluding hydrogens is 478 g/mol. The van der Waals surface area contributed by atoms with Crippen molar-refractivity contribution >= 4 is 68.9 Å². The van der Waals surface area contributed by atoms with Crippen LogP contribution < -0.4 is 4.90 Å². The third-order valence-electron chi connectivity index (χ3n) is 4.42. The SMILES string of the molecule is O=C1/C(=C/c2ccc(-c3cc([N+](=O)[O-])ccc3Cl)o2)SC(=S)N1c1cccc([N+](=O)[O-])c1. The molecule has 1 saturated heterocycles. The molecule has 4 rings (SSSR count). The van der Waals surface area contributed by atoms with Crippen molar-refractivity contribution in [3.05, 3.63) is 90.5 Å². The minimum atomic E-state index is -0.555. The molecule has 1 aliphatic rings. The van der Waals surface area contributed by atoms with Crippen molar-refractivity contribution in [3.63, 3.8) is 0 Å². The Morgan fingerprint density at radius 3 is 2.47 bits per heavy atom. The predicted molar refractivity (Wildman–Crippen MR) is 125 cm³/mol. The monoisotopic (exact) mass is 487 g/mol. The second kappa shape index (κ2) is 8.54. The van der Waals surface area contributed by atoms with E-state index >= 15 is 0 Å². The summed E-state index contributed by atoms with van der Waals surface area (Å²) in [6.07, 6.45) is 1.48. The van der Waals surface area contributed by atoms with Gasteiger partial charge in [-0.1, -0.05) is 41.6 Å². The quantitative estimate of drug-likeness (QED) is 0.191. The first-order valence-electron chi connectivity index (χ1n) is 8.81. The van der Waals surface area contributed by atoms with Gasteiger partial charge in [-0.15, -0.1) is 0 Å². The summed E-state index contributed by atoms with van der Waals surface area (Å²) in [6.45, 7) is 0. The van der Waals surface area contributed by atoms with E-state index in [4.69, 9.17) is 28.2 Å². The molecule has 160 valence electrons. The van der Waals surface area contributed by atoms with Gasteiger partial charge in [0.25, 0.3) is 17.3 Å². The topological polar surface area (TPSA) is 120 Å². The Bertz CT molecular complexity index is 1340. The van der Waals surface area contributed by atoms with Gasteiger partial charge in [-0.3, -0.25) is 29.9 Å². The molecule has 12 heteroatoms. The van der Waals surface area contributed by atoms with E-state index in [1.54, 1.807) is 18.2 Å². The number of amides is 1. The molecule has 1 aromatic heterocycles. The standard InChI is InChI=1S/C20H10ClN3O6S2/c21-16-6-4-13(24(28)29)9-15(16)17-7-5-14(30-17)10-18-19(25)22(20(31)32-18)11-2-1-3-12(8-11)23(26)27/h1-10H/b18-10-. The van der Waals surface area contributed by atoms with Gasteiger partial charge in [0.05, 0.1) is 25.5 Å². The van der Waals surface area contributed by atoms with Gasteiger partial charge in [0.2, 0.25) is 0 Å². The Morgan fingerprint density at radius 2 is 1.75 bits per heavy atom. The molecule has 0 N–H and O–H groups in total. The molecule has 0 saturated carbocycles. The van der Waals surface area contributed by atoms with E-state index in [2.05, 4.69) is 0 Å². The van der Waals surface area contributed by atoms with Crippen LogP contribution in [0.4, 0.5) is 17.1 Å². The summed E-state index contributed by atoms with van der Waals surface area (Å²) in [5.41, 5.74) is 0.323. The largest absolute Gasteiger partial charge is 0.457 e. The molecule has 9 nitrogen and oxygen atoms in total. The fourth-order valence-electron chi connectivity index (χ4n) is 2.96. The van der Waals surface area contributed by atoms with Crippen molar-refractivity contribution in [1.29, 1.82) is 0 Å². The van der Waals surface area contributed by atoms with Crippen LogP contribution in [0, 0.1) is 20.2 Å². The number of non-ortho nitro benzene ring substituents is 2. The first kappa shape index (κ1) is 21.7. The van der Waals surface area contributed by atoms with E-state index < -0.39 is 15.8 Å². The zero-order valence-corrected chi connectivity index (χ0v) is 18.1. The zero-order valence-electron chi connectivity index (χ0n) is 15.8. The Morgan fingerprint density at radius 1 is 1.03 bits per heavy atom. The smallest absolute Gasteiger partial charge is 0.271 e. The van der Waals surface area contributed by atoms with Crippen LogP contribution in [-0.2, 0) is 4.79 Å². The first-order chi connectivity index (χ1) is 15.2. The van der Waals surface area contributed by atoms with Crippen molar-refractivity contribution in [2.45, 2.75) is 0 Å². The maximum atomic E-state index is 12.9. The van der Waals surface area contributed by atoms with Gasteiger partial charge >= 0.3 is 0 Å². The Balaban J connectivity index is 1.63. The van der Waals surface area contributed by atoms with Crippen molar-refractivity contribution in [3.8, 4) is 11.3 Å². The molecule has 1 fully saturated rings. The molecule has 2 heterocycles. The molecule has 0 aliphatic carbocycles. The highest BCUT2D eigenvalue weighted by Crippen LogP contribution is 2.38. The number of benzene rings is 2. The van der Waals surface area contributed by atoms with Crippen molar-refractivity contribution in [2.75, 3.05) is 4.90 Å². The number of thiocarbonyl (C=S) groups is 1. The predicted octanol–water partition coefficient (Wildman–Crippen LogP) is 5.82. The van der Waals surface area contributed by atoms with Crippen LogP contribution in [0.25, 0.3) is 17.4 Å². The minimum Gasteiger partial charge on any atom is -0.457 e. The number of thioether (sulfide) groups is 1. The van der Waals surface area contributed by atoms with Gasteiger partial charge in [-0.25, -0.2) is 0 Å². The van der Waals surface area contributed by atoms with Gasteiger partial charge in [0.1, 0.15) is 11.5 Å². The fraction of sp³-hybridized carbons (Fsp3) is 0. The lowest BCUT2D eigenvalue weighted by Gasteiger charge is -2.13. The first-order valence-corrected chi connectivity index (χ1v) is 10.4.